The Morgan fingerprint density at radius 1 is 1.71 bits per heavy atom. The maximum absolute atomic E-state index is 5.71. The molecular weight excluding hydrogens is 234 g/mol. The smallest absolute Gasteiger partial charge is 0.188 e. The number of imidazole rings is 1. The Bertz CT molecular complexity index is 377. The summed E-state index contributed by atoms with van der Waals surface area (Å²) in [7, 11) is 0. The lowest BCUT2D eigenvalue weighted by Crippen LogP contribution is -2.33. The summed E-state index contributed by atoms with van der Waals surface area (Å²) in [6.45, 7) is 4.75. The van der Waals surface area contributed by atoms with E-state index in [4.69, 9.17) is 5.73 Å². The van der Waals surface area contributed by atoms with Gasteiger partial charge in [0, 0.05) is 38.0 Å². The van der Waals surface area contributed by atoms with Gasteiger partial charge in [0.1, 0.15) is 0 Å². The summed E-state index contributed by atoms with van der Waals surface area (Å²) in [6.07, 6.45) is 4.05. The average molecular weight is 253 g/mol. The summed E-state index contributed by atoms with van der Waals surface area (Å²) in [5.41, 5.74) is 6.83. The third-order valence-electron chi connectivity index (χ3n) is 2.55. The van der Waals surface area contributed by atoms with Gasteiger partial charge in [0.05, 0.1) is 5.69 Å². The third-order valence-corrected chi connectivity index (χ3v) is 3.52. The molecule has 5 nitrogen and oxygen atoms in total. The van der Waals surface area contributed by atoms with Crippen LogP contribution in [0.2, 0.25) is 0 Å². The zero-order valence-electron chi connectivity index (χ0n) is 10.1. The van der Waals surface area contributed by atoms with Crippen LogP contribution in [0.3, 0.4) is 0 Å². The first-order valence-corrected chi connectivity index (χ1v) is 7.01. The van der Waals surface area contributed by atoms with Gasteiger partial charge in [-0.1, -0.05) is 18.7 Å². The standard InChI is InChI=1S/C11H19N5S/c1-2-4-13-10(12)14-5-3-9-8-16-6-7-17-11(16)15-9/h8H,2-7H2,1H3,(H3,12,13,14). The molecule has 1 aliphatic heterocycles. The van der Waals surface area contributed by atoms with Crippen LogP contribution in [0.25, 0.3) is 0 Å². The number of aryl methyl sites for hydroxylation is 1. The summed E-state index contributed by atoms with van der Waals surface area (Å²) >= 11 is 1.82. The molecule has 0 radical (unpaired) electrons. The second kappa shape index (κ2) is 5.95. The molecule has 17 heavy (non-hydrogen) atoms. The molecule has 0 fully saturated rings. The molecular formula is C11H19N5S. The summed E-state index contributed by atoms with van der Waals surface area (Å²) in [4.78, 5) is 8.73. The van der Waals surface area contributed by atoms with Crippen LogP contribution in [0, 0.1) is 0 Å². The van der Waals surface area contributed by atoms with Gasteiger partial charge < -0.3 is 15.6 Å². The van der Waals surface area contributed by atoms with E-state index in [0.717, 1.165) is 49.1 Å². The molecule has 0 amide bonds. The Kier molecular flexibility index (Phi) is 4.30. The topological polar surface area (TPSA) is 68.2 Å². The van der Waals surface area contributed by atoms with Gasteiger partial charge in [-0.25, -0.2) is 4.98 Å². The number of fused-ring (bicyclic) bond motifs is 1. The SMILES string of the molecule is CCCN=C(N)NCCc1cn2c(n1)SCC2. The molecule has 2 heterocycles. The van der Waals surface area contributed by atoms with Crippen molar-refractivity contribution in [3.63, 3.8) is 0 Å². The van der Waals surface area contributed by atoms with Gasteiger partial charge in [-0.2, -0.15) is 0 Å². The van der Waals surface area contributed by atoms with Crippen LogP contribution in [0.15, 0.2) is 16.3 Å². The monoisotopic (exact) mass is 253 g/mol. The van der Waals surface area contributed by atoms with Crippen LogP contribution in [0.5, 0.6) is 0 Å². The Morgan fingerprint density at radius 3 is 3.35 bits per heavy atom. The molecule has 2 rings (SSSR count). The zero-order valence-corrected chi connectivity index (χ0v) is 11.0. The highest BCUT2D eigenvalue weighted by Gasteiger charge is 2.13. The van der Waals surface area contributed by atoms with Crippen LogP contribution in [-0.2, 0) is 13.0 Å². The first-order valence-electron chi connectivity index (χ1n) is 6.02. The normalized spacial score (nSPS) is 15.0. The first-order chi connectivity index (χ1) is 8.29. The van der Waals surface area contributed by atoms with Crippen molar-refractivity contribution in [1.82, 2.24) is 14.9 Å². The molecule has 0 aromatic carbocycles. The predicted octanol–water partition coefficient (Wildman–Crippen LogP) is 0.846. The maximum Gasteiger partial charge on any atom is 0.188 e. The van der Waals surface area contributed by atoms with Gasteiger partial charge in [0.15, 0.2) is 11.1 Å². The van der Waals surface area contributed by atoms with E-state index >= 15 is 0 Å². The fraction of sp³-hybridized carbons (Fsp3) is 0.636. The summed E-state index contributed by atoms with van der Waals surface area (Å²) in [5.74, 6) is 1.69. The van der Waals surface area contributed by atoms with E-state index in [9.17, 15) is 0 Å². The van der Waals surface area contributed by atoms with Crippen LogP contribution in [0.1, 0.15) is 19.0 Å². The van der Waals surface area contributed by atoms with Gasteiger partial charge in [0.2, 0.25) is 0 Å². The number of guanidine groups is 1. The van der Waals surface area contributed by atoms with Crippen molar-refractivity contribution < 1.29 is 0 Å². The number of rotatable bonds is 5. The van der Waals surface area contributed by atoms with E-state index in [1.54, 1.807) is 0 Å². The molecule has 0 aliphatic carbocycles. The van der Waals surface area contributed by atoms with Gasteiger partial charge in [-0.15, -0.1) is 0 Å². The van der Waals surface area contributed by atoms with E-state index < -0.39 is 0 Å². The molecule has 1 aromatic heterocycles. The Hall–Kier alpha value is -1.17. The lowest BCUT2D eigenvalue weighted by Gasteiger charge is -2.03. The number of hydrogen-bond donors (Lipinski definition) is 2. The zero-order chi connectivity index (χ0) is 12.1. The van der Waals surface area contributed by atoms with Gasteiger partial charge >= 0.3 is 0 Å². The minimum atomic E-state index is 0.535. The van der Waals surface area contributed by atoms with E-state index in [1.165, 1.54) is 0 Å². The maximum atomic E-state index is 5.71. The van der Waals surface area contributed by atoms with Crippen LogP contribution < -0.4 is 11.1 Å². The first kappa shape index (κ1) is 12.3. The lowest BCUT2D eigenvalue weighted by atomic mass is 10.3. The summed E-state index contributed by atoms with van der Waals surface area (Å²) in [6, 6.07) is 0. The van der Waals surface area contributed by atoms with Crippen LogP contribution in [0.4, 0.5) is 0 Å². The van der Waals surface area contributed by atoms with E-state index in [0.29, 0.717) is 5.96 Å². The largest absolute Gasteiger partial charge is 0.370 e. The Labute approximate surface area is 106 Å². The fourth-order valence-corrected chi connectivity index (χ4v) is 2.65. The van der Waals surface area contributed by atoms with E-state index in [-0.39, 0.29) is 0 Å². The van der Waals surface area contributed by atoms with E-state index in [1.807, 2.05) is 11.8 Å². The Balaban J connectivity index is 1.74. The molecule has 1 aliphatic rings. The highest BCUT2D eigenvalue weighted by Crippen LogP contribution is 2.24. The van der Waals surface area contributed by atoms with Gasteiger partial charge in [-0.05, 0) is 6.42 Å². The number of aliphatic imine (C=N–C) groups is 1. The summed E-state index contributed by atoms with van der Waals surface area (Å²) in [5, 5.41) is 4.25. The average Bonchev–Trinajstić information content (AvgIpc) is 2.86. The molecule has 0 spiro atoms. The highest BCUT2D eigenvalue weighted by molar-refractivity contribution is 7.99. The highest BCUT2D eigenvalue weighted by atomic mass is 32.2. The number of aromatic nitrogens is 2. The minimum absolute atomic E-state index is 0.535. The van der Waals surface area contributed by atoms with Crippen molar-refractivity contribution in [2.75, 3.05) is 18.8 Å². The van der Waals surface area contributed by atoms with E-state index in [2.05, 4.69) is 33.0 Å². The quantitative estimate of drug-likeness (QED) is 0.603. The minimum Gasteiger partial charge on any atom is -0.370 e. The number of nitrogens with zero attached hydrogens (tertiary/aromatic N) is 3. The Morgan fingerprint density at radius 2 is 2.59 bits per heavy atom. The predicted molar refractivity (Wildman–Crippen MR) is 71.4 cm³/mol. The van der Waals surface area contributed by atoms with Crippen molar-refractivity contribution in [2.24, 2.45) is 10.7 Å². The molecule has 94 valence electrons. The van der Waals surface area contributed by atoms with Crippen molar-refractivity contribution in [3.05, 3.63) is 11.9 Å². The molecule has 3 N–H and O–H groups in total. The molecule has 6 heteroatoms. The summed E-state index contributed by atoms with van der Waals surface area (Å²) < 4.78 is 2.22. The number of nitrogens with one attached hydrogen (secondary N) is 1. The van der Waals surface area contributed by atoms with Crippen molar-refractivity contribution in [1.29, 1.82) is 0 Å². The van der Waals surface area contributed by atoms with Gasteiger partial charge in [-0.3, -0.25) is 4.99 Å². The molecule has 0 saturated carbocycles. The number of nitrogens with two attached hydrogens (primary N) is 1. The van der Waals surface area contributed by atoms with Crippen molar-refractivity contribution >= 4 is 17.7 Å². The van der Waals surface area contributed by atoms with Crippen molar-refractivity contribution in [3.8, 4) is 0 Å². The molecule has 0 atom stereocenters. The van der Waals surface area contributed by atoms with Crippen LogP contribution in [-0.4, -0.2) is 34.4 Å². The number of hydrogen-bond acceptors (Lipinski definition) is 3. The molecule has 0 bridgehead atoms. The van der Waals surface area contributed by atoms with Crippen LogP contribution >= 0.6 is 11.8 Å². The molecule has 0 saturated heterocycles. The second-order valence-electron chi connectivity index (χ2n) is 4.00. The molecule has 1 aromatic rings. The van der Waals surface area contributed by atoms with Gasteiger partial charge in [0.25, 0.3) is 0 Å². The number of thioether (sulfide) groups is 1. The third kappa shape index (κ3) is 3.39. The fourth-order valence-electron chi connectivity index (χ4n) is 1.69. The molecule has 0 unspecified atom stereocenters. The lowest BCUT2D eigenvalue weighted by molar-refractivity contribution is 0.719. The van der Waals surface area contributed by atoms with Crippen molar-refractivity contribution in [2.45, 2.75) is 31.5 Å². The second-order valence-corrected chi connectivity index (χ2v) is 5.06.